The normalized spacial score (nSPS) is 10.9. The number of furan rings is 1. The Hall–Kier alpha value is -2.26. The van der Waals surface area contributed by atoms with E-state index in [0.29, 0.717) is 16.2 Å². The molecule has 0 saturated carbocycles. The van der Waals surface area contributed by atoms with Gasteiger partial charge in [-0.3, -0.25) is 4.79 Å². The van der Waals surface area contributed by atoms with E-state index < -0.39 is 5.91 Å². The summed E-state index contributed by atoms with van der Waals surface area (Å²) in [5.74, 6) is -0.406. The summed E-state index contributed by atoms with van der Waals surface area (Å²) in [7, 11) is 0. The Labute approximate surface area is 120 Å². The zero-order valence-corrected chi connectivity index (χ0v) is 11.6. The maximum Gasteiger partial charge on any atom is 0.285 e. The molecule has 20 heavy (non-hydrogen) atoms. The van der Waals surface area contributed by atoms with E-state index in [4.69, 9.17) is 21.8 Å². The number of hydrogen-bond donors (Lipinski definition) is 1. The number of carbonyl (C=O) groups is 1. The molecule has 3 rings (SSSR count). The summed E-state index contributed by atoms with van der Waals surface area (Å²) in [6.07, 6.45) is 0. The van der Waals surface area contributed by atoms with Crippen LogP contribution in [0.1, 0.15) is 16.1 Å². The Morgan fingerprint density at radius 1 is 1.15 bits per heavy atom. The van der Waals surface area contributed by atoms with Crippen molar-refractivity contribution in [2.75, 3.05) is 0 Å². The number of rotatable bonds is 2. The second kappa shape index (κ2) is 4.69. The van der Waals surface area contributed by atoms with Crippen LogP contribution in [-0.4, -0.2) is 5.91 Å². The molecule has 0 aliphatic heterocycles. The van der Waals surface area contributed by atoms with E-state index >= 15 is 0 Å². The summed E-state index contributed by atoms with van der Waals surface area (Å²) in [4.78, 5) is 11.6. The number of fused-ring (bicyclic) bond motifs is 1. The van der Waals surface area contributed by atoms with Crippen LogP contribution in [0, 0.1) is 6.92 Å². The molecule has 100 valence electrons. The molecule has 0 unspecified atom stereocenters. The van der Waals surface area contributed by atoms with E-state index in [1.807, 2.05) is 37.3 Å². The topological polar surface area (TPSA) is 56.2 Å². The molecule has 0 saturated heterocycles. The number of amides is 1. The lowest BCUT2D eigenvalue weighted by Crippen LogP contribution is -2.10. The maximum atomic E-state index is 11.6. The monoisotopic (exact) mass is 285 g/mol. The summed E-state index contributed by atoms with van der Waals surface area (Å²) < 4.78 is 5.59. The van der Waals surface area contributed by atoms with Gasteiger partial charge in [-0.15, -0.1) is 0 Å². The number of hydrogen-bond acceptors (Lipinski definition) is 2. The molecule has 4 heteroatoms. The predicted octanol–water partition coefficient (Wildman–Crippen LogP) is 4.16. The van der Waals surface area contributed by atoms with Crippen LogP contribution in [0.15, 0.2) is 46.9 Å². The van der Waals surface area contributed by atoms with Crippen LogP contribution in [0.4, 0.5) is 0 Å². The van der Waals surface area contributed by atoms with Gasteiger partial charge in [0.25, 0.3) is 5.91 Å². The van der Waals surface area contributed by atoms with Crippen molar-refractivity contribution in [3.63, 3.8) is 0 Å². The minimum absolute atomic E-state index is 0.174. The van der Waals surface area contributed by atoms with Crippen molar-refractivity contribution in [1.29, 1.82) is 0 Å². The molecular formula is C16H12ClNO2. The third kappa shape index (κ3) is 2.06. The van der Waals surface area contributed by atoms with Crippen LogP contribution >= 0.6 is 11.6 Å². The van der Waals surface area contributed by atoms with Crippen LogP contribution < -0.4 is 5.73 Å². The molecule has 0 radical (unpaired) electrons. The van der Waals surface area contributed by atoms with Crippen molar-refractivity contribution < 1.29 is 9.21 Å². The van der Waals surface area contributed by atoms with Crippen molar-refractivity contribution in [3.05, 3.63) is 58.8 Å². The van der Waals surface area contributed by atoms with Crippen LogP contribution in [0.5, 0.6) is 0 Å². The van der Waals surface area contributed by atoms with Gasteiger partial charge in [0.05, 0.1) is 0 Å². The van der Waals surface area contributed by atoms with Crippen molar-refractivity contribution in [3.8, 4) is 11.1 Å². The lowest BCUT2D eigenvalue weighted by atomic mass is 10.0. The molecule has 3 nitrogen and oxygen atoms in total. The first-order valence-electron chi connectivity index (χ1n) is 6.15. The van der Waals surface area contributed by atoms with Gasteiger partial charge in [-0.1, -0.05) is 35.4 Å². The quantitative estimate of drug-likeness (QED) is 0.768. The highest BCUT2D eigenvalue weighted by Crippen LogP contribution is 2.35. The number of halogens is 1. The molecule has 0 aliphatic rings. The number of nitrogens with two attached hydrogens (primary N) is 1. The highest BCUT2D eigenvalue weighted by Gasteiger charge is 2.19. The highest BCUT2D eigenvalue weighted by molar-refractivity contribution is 6.30. The number of benzene rings is 2. The van der Waals surface area contributed by atoms with Gasteiger partial charge in [0.2, 0.25) is 0 Å². The first kappa shape index (κ1) is 12.8. The van der Waals surface area contributed by atoms with E-state index in [0.717, 1.165) is 16.5 Å². The summed E-state index contributed by atoms with van der Waals surface area (Å²) in [5, 5.41) is 1.51. The molecule has 0 atom stereocenters. The van der Waals surface area contributed by atoms with Gasteiger partial charge in [0.15, 0.2) is 5.76 Å². The smallest absolute Gasteiger partial charge is 0.285 e. The second-order valence-electron chi connectivity index (χ2n) is 4.68. The average Bonchev–Trinajstić information content (AvgIpc) is 2.78. The van der Waals surface area contributed by atoms with Gasteiger partial charge in [-0.25, -0.2) is 0 Å². The third-order valence-electron chi connectivity index (χ3n) is 3.20. The van der Waals surface area contributed by atoms with Crippen LogP contribution in [0.25, 0.3) is 22.1 Å². The maximum absolute atomic E-state index is 11.6. The SMILES string of the molecule is Cc1ccc2oc(C(N)=O)c(-c3ccc(Cl)cc3)c2c1. The summed E-state index contributed by atoms with van der Waals surface area (Å²) >= 11 is 5.90. The molecule has 1 heterocycles. The lowest BCUT2D eigenvalue weighted by molar-refractivity contribution is 0.0977. The van der Waals surface area contributed by atoms with E-state index in [9.17, 15) is 4.79 Å². The number of aryl methyl sites for hydroxylation is 1. The van der Waals surface area contributed by atoms with Crippen molar-refractivity contribution in [1.82, 2.24) is 0 Å². The van der Waals surface area contributed by atoms with Gasteiger partial charge in [0, 0.05) is 16.0 Å². The number of primary amides is 1. The minimum Gasteiger partial charge on any atom is -0.450 e. The van der Waals surface area contributed by atoms with Crippen molar-refractivity contribution in [2.45, 2.75) is 6.92 Å². The molecule has 0 spiro atoms. The Morgan fingerprint density at radius 2 is 1.85 bits per heavy atom. The Morgan fingerprint density at radius 3 is 2.50 bits per heavy atom. The lowest BCUT2D eigenvalue weighted by Gasteiger charge is -2.02. The fourth-order valence-corrected chi connectivity index (χ4v) is 2.41. The second-order valence-corrected chi connectivity index (χ2v) is 5.11. The Balaban J connectivity index is 2.36. The minimum atomic E-state index is -0.580. The molecule has 0 bridgehead atoms. The molecular weight excluding hydrogens is 274 g/mol. The molecule has 0 fully saturated rings. The van der Waals surface area contributed by atoms with Crippen LogP contribution in [-0.2, 0) is 0 Å². The van der Waals surface area contributed by atoms with Crippen molar-refractivity contribution >= 4 is 28.5 Å². The van der Waals surface area contributed by atoms with E-state index in [2.05, 4.69) is 0 Å². The fourth-order valence-electron chi connectivity index (χ4n) is 2.29. The van der Waals surface area contributed by atoms with Gasteiger partial charge in [0.1, 0.15) is 5.58 Å². The van der Waals surface area contributed by atoms with E-state index in [1.165, 1.54) is 0 Å². The standard InChI is InChI=1S/C16H12ClNO2/c1-9-2-7-13-12(8-9)14(15(20-13)16(18)19)10-3-5-11(17)6-4-10/h2-8H,1H3,(H2,18,19). The van der Waals surface area contributed by atoms with Gasteiger partial charge < -0.3 is 10.2 Å². The van der Waals surface area contributed by atoms with Crippen LogP contribution in [0.3, 0.4) is 0 Å². The number of carbonyl (C=O) groups excluding carboxylic acids is 1. The average molecular weight is 286 g/mol. The van der Waals surface area contributed by atoms with Gasteiger partial charge >= 0.3 is 0 Å². The van der Waals surface area contributed by atoms with Crippen molar-refractivity contribution in [2.24, 2.45) is 5.73 Å². The predicted molar refractivity (Wildman–Crippen MR) is 79.9 cm³/mol. The van der Waals surface area contributed by atoms with Gasteiger partial charge in [-0.05, 0) is 36.8 Å². The molecule has 3 aromatic rings. The fraction of sp³-hybridized carbons (Fsp3) is 0.0625. The first-order valence-corrected chi connectivity index (χ1v) is 6.53. The summed E-state index contributed by atoms with van der Waals surface area (Å²) in [5.41, 5.74) is 8.73. The van der Waals surface area contributed by atoms with Gasteiger partial charge in [-0.2, -0.15) is 0 Å². The highest BCUT2D eigenvalue weighted by atomic mass is 35.5. The largest absolute Gasteiger partial charge is 0.450 e. The summed E-state index contributed by atoms with van der Waals surface area (Å²) in [6.45, 7) is 1.99. The zero-order valence-electron chi connectivity index (χ0n) is 10.8. The van der Waals surface area contributed by atoms with Crippen LogP contribution in [0.2, 0.25) is 5.02 Å². The third-order valence-corrected chi connectivity index (χ3v) is 3.45. The zero-order chi connectivity index (χ0) is 14.3. The molecule has 1 amide bonds. The summed E-state index contributed by atoms with van der Waals surface area (Å²) in [6, 6.07) is 13.0. The van der Waals surface area contributed by atoms with E-state index in [-0.39, 0.29) is 5.76 Å². The Bertz CT molecular complexity index is 803. The first-order chi connectivity index (χ1) is 9.56. The molecule has 2 N–H and O–H groups in total. The van der Waals surface area contributed by atoms with E-state index in [1.54, 1.807) is 12.1 Å². The molecule has 2 aromatic carbocycles. The molecule has 0 aliphatic carbocycles. The molecule has 1 aromatic heterocycles. The Kier molecular flexibility index (Phi) is 2.99.